The first-order valence-corrected chi connectivity index (χ1v) is 11.4. The molecular formula is C28H24N2O5. The molecule has 0 aliphatic carbocycles. The summed E-state index contributed by atoms with van der Waals surface area (Å²) in [5, 5.41) is 0.512. The standard InChI is InChI=1S/C28H24N2O5/c1-5-16-6-10-18(11-7-16)35-19-12-8-17(9-13-19)29-24(31)20-14-22-23(15-21(20)25(29)32)27(34)30(26(22)33)28(2,3)4/h6-15H,5H2,1-4H3. The summed E-state index contributed by atoms with van der Waals surface area (Å²) in [5.41, 5.74) is -1.14. The first-order valence-electron chi connectivity index (χ1n) is 11.4. The number of hydrogen-bond donors (Lipinski definition) is 0. The minimum atomic E-state index is -0.723. The van der Waals surface area contributed by atoms with Crippen molar-refractivity contribution in [2.75, 3.05) is 0 Å². The van der Waals surface area contributed by atoms with Gasteiger partial charge in [-0.3, -0.25) is 23.7 Å². The molecule has 7 nitrogen and oxygen atoms in total. The van der Waals surface area contributed by atoms with Gasteiger partial charge in [0.25, 0.3) is 22.2 Å². The van der Waals surface area contributed by atoms with Crippen LogP contribution < -0.4 is 27.0 Å². The van der Waals surface area contributed by atoms with Gasteiger partial charge < -0.3 is 4.74 Å². The highest BCUT2D eigenvalue weighted by atomic mass is 16.5. The van der Waals surface area contributed by atoms with Gasteiger partial charge in [0.2, 0.25) is 0 Å². The number of rotatable bonds is 4. The normalized spacial score (nSPS) is 12.0. The molecule has 0 atom stereocenters. The van der Waals surface area contributed by atoms with E-state index in [1.165, 1.54) is 17.7 Å². The van der Waals surface area contributed by atoms with Crippen molar-refractivity contribution in [3.8, 4) is 17.2 Å². The Morgan fingerprint density at radius 1 is 0.657 bits per heavy atom. The molecule has 0 aliphatic rings. The fourth-order valence-electron chi connectivity index (χ4n) is 4.41. The number of ether oxygens (including phenoxy) is 1. The van der Waals surface area contributed by atoms with Gasteiger partial charge in [-0.05, 0) is 81.3 Å². The summed E-state index contributed by atoms with van der Waals surface area (Å²) < 4.78 is 8.07. The Labute approximate surface area is 200 Å². The third kappa shape index (κ3) is 3.60. The fraction of sp³-hybridized carbons (Fsp3) is 0.214. The molecule has 0 aliphatic heterocycles. The van der Waals surface area contributed by atoms with E-state index in [0.717, 1.165) is 15.6 Å². The van der Waals surface area contributed by atoms with E-state index in [0.29, 0.717) is 17.2 Å². The smallest absolute Gasteiger partial charge is 0.266 e. The van der Waals surface area contributed by atoms with E-state index in [1.807, 2.05) is 24.3 Å². The van der Waals surface area contributed by atoms with E-state index in [9.17, 15) is 19.2 Å². The molecule has 7 heteroatoms. The van der Waals surface area contributed by atoms with Gasteiger partial charge in [-0.1, -0.05) is 19.1 Å². The summed E-state index contributed by atoms with van der Waals surface area (Å²) in [4.78, 5) is 52.1. The Kier molecular flexibility index (Phi) is 5.09. The number of fused-ring (bicyclic) bond motifs is 2. The third-order valence-corrected chi connectivity index (χ3v) is 6.22. The summed E-state index contributed by atoms with van der Waals surface area (Å²) >= 11 is 0. The van der Waals surface area contributed by atoms with Crippen LogP contribution in [0, 0.1) is 0 Å². The van der Waals surface area contributed by atoms with E-state index in [4.69, 9.17) is 4.74 Å². The molecule has 0 saturated heterocycles. The first-order chi connectivity index (χ1) is 16.6. The molecule has 0 fully saturated rings. The maximum atomic E-state index is 13.2. The second-order valence-electron chi connectivity index (χ2n) is 9.60. The number of benzene rings is 3. The van der Waals surface area contributed by atoms with Crippen molar-refractivity contribution >= 4 is 21.5 Å². The average Bonchev–Trinajstić information content (AvgIpc) is 3.23. The maximum Gasteiger partial charge on any atom is 0.266 e. The molecule has 35 heavy (non-hydrogen) atoms. The van der Waals surface area contributed by atoms with Crippen LogP contribution in [0.15, 0.2) is 79.8 Å². The summed E-state index contributed by atoms with van der Waals surface area (Å²) in [6, 6.07) is 17.1. The van der Waals surface area contributed by atoms with Crippen molar-refractivity contribution in [1.29, 1.82) is 0 Å². The average molecular weight is 469 g/mol. The molecule has 0 spiro atoms. The van der Waals surface area contributed by atoms with E-state index in [1.54, 1.807) is 45.0 Å². The van der Waals surface area contributed by atoms with Crippen molar-refractivity contribution in [2.45, 2.75) is 39.7 Å². The molecule has 0 saturated carbocycles. The summed E-state index contributed by atoms with van der Waals surface area (Å²) in [7, 11) is 0. The Hall–Kier alpha value is -4.26. The molecule has 176 valence electrons. The summed E-state index contributed by atoms with van der Waals surface area (Å²) in [6.07, 6.45) is 0.940. The number of hydrogen-bond acceptors (Lipinski definition) is 5. The molecule has 0 radical (unpaired) electrons. The highest BCUT2D eigenvalue weighted by molar-refractivity contribution is 5.98. The molecular weight excluding hydrogens is 444 g/mol. The van der Waals surface area contributed by atoms with E-state index in [-0.39, 0.29) is 21.5 Å². The van der Waals surface area contributed by atoms with Crippen LogP contribution in [0.5, 0.6) is 11.5 Å². The van der Waals surface area contributed by atoms with Crippen molar-refractivity contribution in [2.24, 2.45) is 0 Å². The largest absolute Gasteiger partial charge is 0.457 e. The van der Waals surface area contributed by atoms with Gasteiger partial charge in [-0.15, -0.1) is 0 Å². The lowest BCUT2D eigenvalue weighted by Crippen LogP contribution is -2.38. The van der Waals surface area contributed by atoms with Gasteiger partial charge in [0.05, 0.1) is 27.2 Å². The van der Waals surface area contributed by atoms with Crippen LogP contribution >= 0.6 is 0 Å². The van der Waals surface area contributed by atoms with Gasteiger partial charge in [0.1, 0.15) is 11.5 Å². The quantitative estimate of drug-likeness (QED) is 0.398. The van der Waals surface area contributed by atoms with Crippen LogP contribution in [-0.2, 0) is 12.0 Å². The molecule has 5 aromatic rings. The van der Waals surface area contributed by atoms with Crippen LogP contribution in [0.4, 0.5) is 0 Å². The van der Waals surface area contributed by atoms with Crippen LogP contribution in [0.25, 0.3) is 27.2 Å². The third-order valence-electron chi connectivity index (χ3n) is 6.22. The summed E-state index contributed by atoms with van der Waals surface area (Å²) in [5.74, 6) is 1.25. The minimum absolute atomic E-state index is 0.113. The van der Waals surface area contributed by atoms with Gasteiger partial charge in [-0.2, -0.15) is 0 Å². The van der Waals surface area contributed by atoms with Crippen LogP contribution in [0.2, 0.25) is 0 Å². The Bertz CT molecular complexity index is 1710. The van der Waals surface area contributed by atoms with Gasteiger partial charge in [-0.25, -0.2) is 4.57 Å². The molecule has 3 aromatic carbocycles. The molecule has 0 bridgehead atoms. The number of aryl methyl sites for hydroxylation is 1. The second-order valence-corrected chi connectivity index (χ2v) is 9.60. The predicted octanol–water partition coefficient (Wildman–Crippen LogP) is 4.01. The van der Waals surface area contributed by atoms with Crippen molar-refractivity contribution in [3.05, 3.63) is 108 Å². The van der Waals surface area contributed by atoms with Crippen LogP contribution in [0.3, 0.4) is 0 Å². The first kappa shape index (κ1) is 22.5. The van der Waals surface area contributed by atoms with Crippen LogP contribution in [0.1, 0.15) is 33.3 Å². The predicted molar refractivity (Wildman–Crippen MR) is 137 cm³/mol. The highest BCUT2D eigenvalue weighted by Crippen LogP contribution is 2.24. The molecule has 2 heterocycles. The van der Waals surface area contributed by atoms with E-state index < -0.39 is 27.8 Å². The highest BCUT2D eigenvalue weighted by Gasteiger charge is 2.25. The molecule has 0 N–H and O–H groups in total. The van der Waals surface area contributed by atoms with E-state index in [2.05, 4.69) is 6.92 Å². The number of nitrogens with zero attached hydrogens (tertiary/aromatic N) is 2. The van der Waals surface area contributed by atoms with Crippen molar-refractivity contribution in [3.63, 3.8) is 0 Å². The SMILES string of the molecule is CCc1ccc(Oc2ccc(-n3c(=O)c4cc5c(=O)n(C(C)(C)C)c(=O)c5cc4c3=O)cc2)cc1. The van der Waals surface area contributed by atoms with Gasteiger partial charge in [0.15, 0.2) is 0 Å². The van der Waals surface area contributed by atoms with Gasteiger partial charge in [0, 0.05) is 5.54 Å². The zero-order valence-electron chi connectivity index (χ0n) is 19.9. The maximum absolute atomic E-state index is 13.2. The Balaban J connectivity index is 1.58. The zero-order valence-corrected chi connectivity index (χ0v) is 19.9. The van der Waals surface area contributed by atoms with Crippen LogP contribution in [-0.4, -0.2) is 9.13 Å². The van der Waals surface area contributed by atoms with Crippen molar-refractivity contribution < 1.29 is 4.74 Å². The summed E-state index contributed by atoms with van der Waals surface area (Å²) in [6.45, 7) is 7.35. The molecule has 5 rings (SSSR count). The Morgan fingerprint density at radius 2 is 1.09 bits per heavy atom. The lowest BCUT2D eigenvalue weighted by atomic mass is 10.1. The zero-order chi connectivity index (χ0) is 25.1. The lowest BCUT2D eigenvalue weighted by Gasteiger charge is -2.18. The topological polar surface area (TPSA) is 87.4 Å². The fourth-order valence-corrected chi connectivity index (χ4v) is 4.41. The second kappa shape index (κ2) is 7.91. The minimum Gasteiger partial charge on any atom is -0.457 e. The monoisotopic (exact) mass is 468 g/mol. The molecule has 0 unspecified atom stereocenters. The molecule has 0 amide bonds. The van der Waals surface area contributed by atoms with Gasteiger partial charge >= 0.3 is 0 Å². The van der Waals surface area contributed by atoms with Crippen molar-refractivity contribution in [1.82, 2.24) is 9.13 Å². The Morgan fingerprint density at radius 3 is 1.51 bits per heavy atom. The lowest BCUT2D eigenvalue weighted by molar-refractivity contribution is 0.380. The van der Waals surface area contributed by atoms with E-state index >= 15 is 0 Å². The number of aromatic nitrogens is 2. The molecule has 2 aromatic heterocycles.